The molecule has 8 aliphatic rings. The standard InChI is InChI=1S/C39H62O15S/c1-18-8-13-39(48-17-18)19(2)28-26(53-39)15-25-23-7-6-21-14-22(9-11-37(21,4)24(23)10-12-38(25,28)5)50-35-31(43)30(42)33(27(16-40)51-35)52-36-32(44)34(54-55(45,46)47)29(41)20(3)49-36/h6,18-20,22-36,40-44H,7-17H2,1-5H3,(H,45,46,47)/t18-,19+,20+,22-,23+,24-,25-,26+,27-,28+,29+,30-,31-,32-,33-,34-,35-,36+,37+,38+,39-/m1/s1. The van der Waals surface area contributed by atoms with Crippen molar-refractivity contribution in [3.63, 3.8) is 0 Å². The van der Waals surface area contributed by atoms with E-state index in [1.165, 1.54) is 25.3 Å². The smallest absolute Gasteiger partial charge is 0.394 e. The fourth-order valence-electron chi connectivity index (χ4n) is 12.8. The van der Waals surface area contributed by atoms with Crippen LogP contribution in [-0.4, -0.2) is 131 Å². The average molecular weight is 803 g/mol. The summed E-state index contributed by atoms with van der Waals surface area (Å²) in [6.07, 6.45) is -4.22. The molecule has 0 amide bonds. The predicted octanol–water partition coefficient (Wildman–Crippen LogP) is 2.22. The third-order valence-electron chi connectivity index (χ3n) is 15.8. The summed E-state index contributed by atoms with van der Waals surface area (Å²) in [5.41, 5.74) is 1.62. The Morgan fingerprint density at radius 2 is 1.62 bits per heavy atom. The number of ether oxygens (including phenoxy) is 6. The first-order valence-corrected chi connectivity index (χ1v) is 21.9. The number of aliphatic hydroxyl groups excluding tert-OH is 5. The van der Waals surface area contributed by atoms with Crippen LogP contribution in [0.4, 0.5) is 0 Å². The minimum atomic E-state index is -5.07. The Balaban J connectivity index is 0.908. The van der Waals surface area contributed by atoms with Crippen LogP contribution in [0.5, 0.6) is 0 Å². The van der Waals surface area contributed by atoms with Crippen LogP contribution >= 0.6 is 0 Å². The second-order valence-electron chi connectivity index (χ2n) is 18.8. The molecular weight excluding hydrogens is 740 g/mol. The van der Waals surface area contributed by atoms with E-state index in [0.29, 0.717) is 41.9 Å². The van der Waals surface area contributed by atoms with Gasteiger partial charge in [-0.05, 0) is 98.7 Å². The molecule has 4 aliphatic carbocycles. The number of allylic oxidation sites excluding steroid dienone is 1. The first kappa shape index (κ1) is 40.9. The molecule has 55 heavy (non-hydrogen) atoms. The van der Waals surface area contributed by atoms with Gasteiger partial charge in [0.25, 0.3) is 0 Å². The Hall–Kier alpha value is -0.830. The number of rotatable bonds is 7. The van der Waals surface area contributed by atoms with Crippen molar-refractivity contribution in [2.75, 3.05) is 13.2 Å². The van der Waals surface area contributed by atoms with Gasteiger partial charge >= 0.3 is 10.4 Å². The van der Waals surface area contributed by atoms with Gasteiger partial charge in [-0.1, -0.05) is 39.3 Å². The first-order valence-electron chi connectivity index (χ1n) is 20.5. The van der Waals surface area contributed by atoms with Crippen LogP contribution in [0.15, 0.2) is 11.6 Å². The summed E-state index contributed by atoms with van der Waals surface area (Å²) in [4.78, 5) is 0. The molecule has 1 spiro atoms. The quantitative estimate of drug-likeness (QED) is 0.161. The van der Waals surface area contributed by atoms with Gasteiger partial charge in [-0.2, -0.15) is 8.42 Å². The van der Waals surface area contributed by atoms with Crippen molar-refractivity contribution in [1.82, 2.24) is 0 Å². The molecule has 16 heteroatoms. The monoisotopic (exact) mass is 802 g/mol. The molecule has 3 saturated carbocycles. The van der Waals surface area contributed by atoms with Crippen LogP contribution in [0.25, 0.3) is 0 Å². The summed E-state index contributed by atoms with van der Waals surface area (Å²) >= 11 is 0. The fraction of sp³-hybridized carbons (Fsp3) is 0.949. The molecule has 6 N–H and O–H groups in total. The van der Waals surface area contributed by atoms with E-state index in [-0.39, 0.29) is 23.0 Å². The second-order valence-corrected chi connectivity index (χ2v) is 19.8. The molecule has 21 atom stereocenters. The van der Waals surface area contributed by atoms with Gasteiger partial charge in [-0.3, -0.25) is 4.55 Å². The zero-order chi connectivity index (χ0) is 39.4. The highest BCUT2D eigenvalue weighted by atomic mass is 32.3. The average Bonchev–Trinajstić information content (AvgIpc) is 3.58. The summed E-state index contributed by atoms with van der Waals surface area (Å²) in [7, 11) is -5.07. The molecule has 0 radical (unpaired) electrons. The normalized spacial score (nSPS) is 55.3. The Kier molecular flexibility index (Phi) is 10.9. The van der Waals surface area contributed by atoms with E-state index in [1.54, 1.807) is 0 Å². The molecule has 0 unspecified atom stereocenters. The Morgan fingerprint density at radius 3 is 2.31 bits per heavy atom. The lowest BCUT2D eigenvalue weighted by atomic mass is 9.47. The summed E-state index contributed by atoms with van der Waals surface area (Å²) in [5, 5.41) is 53.7. The zero-order valence-corrected chi connectivity index (χ0v) is 33.3. The Labute approximate surface area is 323 Å². The minimum absolute atomic E-state index is 0.0265. The Morgan fingerprint density at radius 1 is 0.873 bits per heavy atom. The molecule has 15 nitrogen and oxygen atoms in total. The third-order valence-corrected chi connectivity index (χ3v) is 16.2. The molecule has 7 fully saturated rings. The van der Waals surface area contributed by atoms with Gasteiger partial charge in [0.15, 0.2) is 18.4 Å². The van der Waals surface area contributed by atoms with Crippen molar-refractivity contribution in [2.24, 2.45) is 46.3 Å². The highest BCUT2D eigenvalue weighted by Crippen LogP contribution is 2.70. The van der Waals surface area contributed by atoms with E-state index < -0.39 is 84.2 Å². The van der Waals surface area contributed by atoms with Gasteiger partial charge in [0.2, 0.25) is 0 Å². The van der Waals surface area contributed by atoms with E-state index in [4.69, 9.17) is 33.0 Å². The van der Waals surface area contributed by atoms with Crippen molar-refractivity contribution in [2.45, 2.75) is 172 Å². The molecule has 4 saturated heterocycles. The van der Waals surface area contributed by atoms with Gasteiger partial charge in [0.1, 0.15) is 42.7 Å². The third kappa shape index (κ3) is 6.89. The van der Waals surface area contributed by atoms with Crippen molar-refractivity contribution in [3.05, 3.63) is 11.6 Å². The van der Waals surface area contributed by atoms with E-state index in [1.807, 2.05) is 0 Å². The second kappa shape index (κ2) is 14.7. The maximum atomic E-state index is 11.4. The summed E-state index contributed by atoms with van der Waals surface area (Å²) in [6.45, 7) is 11.1. The molecule has 0 bridgehead atoms. The van der Waals surface area contributed by atoms with Crippen LogP contribution in [0.2, 0.25) is 0 Å². The van der Waals surface area contributed by atoms with E-state index in [0.717, 1.165) is 45.1 Å². The maximum Gasteiger partial charge on any atom is 0.397 e. The van der Waals surface area contributed by atoms with Crippen molar-refractivity contribution < 1.29 is 71.1 Å². The zero-order valence-electron chi connectivity index (χ0n) is 32.5. The van der Waals surface area contributed by atoms with Gasteiger partial charge in [-0.15, -0.1) is 0 Å². The lowest BCUT2D eigenvalue weighted by Gasteiger charge is -2.58. The SMILES string of the molecule is C[C@@H]1CC[C@@]2(OC1)O[C@H]1C[C@@H]3[C@H]4CC=C5C[C@H](O[C@@H]6O[C@H](CO)[C@@H](O[C@@H]7O[C@@H](C)[C@H](O)[C@@H](OS(=O)(=O)O)[C@H]7O)[C@H](O)[C@H]6O)CC[C@]5(C)[C@@H]4CC[C@]3(C)[C@H]1[C@@H]2C. The Bertz CT molecular complexity index is 1550. The van der Waals surface area contributed by atoms with Gasteiger partial charge in [0.05, 0.1) is 31.5 Å². The van der Waals surface area contributed by atoms with Gasteiger partial charge < -0.3 is 54.0 Å². The molecular formula is C39H62O15S. The number of fused-ring (bicyclic) bond motifs is 7. The largest absolute Gasteiger partial charge is 0.397 e. The van der Waals surface area contributed by atoms with Crippen molar-refractivity contribution >= 4 is 10.4 Å². The van der Waals surface area contributed by atoms with Gasteiger partial charge in [0, 0.05) is 12.3 Å². The fourth-order valence-corrected chi connectivity index (χ4v) is 13.3. The first-order chi connectivity index (χ1) is 25.9. The van der Waals surface area contributed by atoms with Crippen molar-refractivity contribution in [1.29, 1.82) is 0 Å². The van der Waals surface area contributed by atoms with Crippen molar-refractivity contribution in [3.8, 4) is 0 Å². The van der Waals surface area contributed by atoms with Gasteiger partial charge in [-0.25, -0.2) is 4.18 Å². The summed E-state index contributed by atoms with van der Waals surface area (Å²) < 4.78 is 73.4. The van der Waals surface area contributed by atoms with Crippen LogP contribution in [0.3, 0.4) is 0 Å². The van der Waals surface area contributed by atoms with Crippen LogP contribution in [0.1, 0.15) is 92.4 Å². The van der Waals surface area contributed by atoms with Crippen LogP contribution in [0, 0.1) is 46.3 Å². The number of hydrogen-bond acceptors (Lipinski definition) is 14. The van der Waals surface area contributed by atoms with E-state index in [9.17, 15) is 34.0 Å². The van der Waals surface area contributed by atoms with E-state index in [2.05, 4.69) is 38.0 Å². The lowest BCUT2D eigenvalue weighted by molar-refractivity contribution is -0.359. The molecule has 0 aromatic rings. The highest BCUT2D eigenvalue weighted by Gasteiger charge is 2.69. The van der Waals surface area contributed by atoms with Crippen LogP contribution < -0.4 is 0 Å². The maximum absolute atomic E-state index is 11.4. The topological polar surface area (TPSA) is 220 Å². The molecule has 0 aromatic carbocycles. The molecule has 314 valence electrons. The highest BCUT2D eigenvalue weighted by molar-refractivity contribution is 7.80. The molecule has 4 aliphatic heterocycles. The summed E-state index contributed by atoms with van der Waals surface area (Å²) in [6, 6.07) is 0. The molecule has 8 rings (SSSR count). The molecule has 0 aromatic heterocycles. The summed E-state index contributed by atoms with van der Waals surface area (Å²) in [5.74, 6) is 2.78. The minimum Gasteiger partial charge on any atom is -0.394 e. The van der Waals surface area contributed by atoms with E-state index >= 15 is 0 Å². The predicted molar refractivity (Wildman–Crippen MR) is 192 cm³/mol. The molecule has 4 heterocycles. The lowest BCUT2D eigenvalue weighted by Crippen LogP contribution is -2.64. The van der Waals surface area contributed by atoms with Crippen LogP contribution in [-0.2, 0) is 43.0 Å². The number of aliphatic hydroxyl groups is 5. The number of hydrogen-bond donors (Lipinski definition) is 6.